The van der Waals surface area contributed by atoms with Crippen LogP contribution in [-0.2, 0) is 6.42 Å². The lowest BCUT2D eigenvalue weighted by Gasteiger charge is -2.11. The van der Waals surface area contributed by atoms with E-state index in [4.69, 9.17) is 23.2 Å². The van der Waals surface area contributed by atoms with Gasteiger partial charge in [-0.05, 0) is 36.2 Å². The van der Waals surface area contributed by atoms with Gasteiger partial charge in [0.25, 0.3) is 0 Å². The molecule has 0 saturated carbocycles. The molecule has 0 bridgehead atoms. The fourth-order valence-corrected chi connectivity index (χ4v) is 2.11. The van der Waals surface area contributed by atoms with Gasteiger partial charge < -0.3 is 0 Å². The van der Waals surface area contributed by atoms with Gasteiger partial charge in [0.1, 0.15) is 0 Å². The molecule has 1 aromatic heterocycles. The zero-order valence-corrected chi connectivity index (χ0v) is 11.0. The number of nitrogens with zero attached hydrogens (tertiary/aromatic N) is 1. The number of aromatic nitrogens is 1. The second kappa shape index (κ2) is 5.52. The summed E-state index contributed by atoms with van der Waals surface area (Å²) in [5.41, 5.74) is 3.29. The van der Waals surface area contributed by atoms with Crippen LogP contribution in [0.25, 0.3) is 0 Å². The first-order valence-electron chi connectivity index (χ1n) is 5.47. The molecule has 1 unspecified atom stereocenters. The number of benzene rings is 1. The molecule has 0 aliphatic heterocycles. The minimum atomic E-state index is -0.0686. The molecule has 0 spiro atoms. The van der Waals surface area contributed by atoms with Crippen LogP contribution in [0.2, 0.25) is 5.02 Å². The van der Waals surface area contributed by atoms with Gasteiger partial charge >= 0.3 is 0 Å². The Morgan fingerprint density at radius 3 is 2.53 bits per heavy atom. The second-order valence-electron chi connectivity index (χ2n) is 3.99. The van der Waals surface area contributed by atoms with Crippen molar-refractivity contribution < 1.29 is 0 Å². The van der Waals surface area contributed by atoms with Crippen LogP contribution in [0.4, 0.5) is 0 Å². The van der Waals surface area contributed by atoms with Crippen LogP contribution in [0.1, 0.15) is 22.2 Å². The van der Waals surface area contributed by atoms with Crippen molar-refractivity contribution in [2.45, 2.75) is 18.7 Å². The van der Waals surface area contributed by atoms with Crippen LogP contribution >= 0.6 is 23.2 Å². The largest absolute Gasteiger partial charge is 0.261 e. The van der Waals surface area contributed by atoms with Crippen LogP contribution in [0.5, 0.6) is 0 Å². The number of aryl methyl sites for hydroxylation is 1. The van der Waals surface area contributed by atoms with E-state index in [0.29, 0.717) is 0 Å². The highest BCUT2D eigenvalue weighted by molar-refractivity contribution is 6.30. The summed E-state index contributed by atoms with van der Waals surface area (Å²) in [6.45, 7) is 2.05. The summed E-state index contributed by atoms with van der Waals surface area (Å²) in [4.78, 5) is 4.35. The number of rotatable bonds is 3. The van der Waals surface area contributed by atoms with Gasteiger partial charge in [0.05, 0.1) is 5.38 Å². The highest BCUT2D eigenvalue weighted by Gasteiger charge is 2.11. The Bertz CT molecular complexity index is 494. The fourth-order valence-electron chi connectivity index (χ4n) is 1.69. The summed E-state index contributed by atoms with van der Waals surface area (Å²) in [5, 5.41) is 0.660. The van der Waals surface area contributed by atoms with Gasteiger partial charge in [-0.25, -0.2) is 0 Å². The summed E-state index contributed by atoms with van der Waals surface area (Å²) >= 11 is 12.2. The number of hydrogen-bond acceptors (Lipinski definition) is 1. The Kier molecular flexibility index (Phi) is 4.03. The van der Waals surface area contributed by atoms with Gasteiger partial charge in [0, 0.05) is 23.3 Å². The van der Waals surface area contributed by atoms with Crippen molar-refractivity contribution in [1.82, 2.24) is 4.98 Å². The molecule has 3 heteroatoms. The van der Waals surface area contributed by atoms with Crippen molar-refractivity contribution in [3.05, 3.63) is 64.4 Å². The van der Waals surface area contributed by atoms with E-state index in [1.807, 2.05) is 43.3 Å². The minimum absolute atomic E-state index is 0.0686. The first-order valence-corrected chi connectivity index (χ1v) is 6.28. The van der Waals surface area contributed by atoms with Gasteiger partial charge in [-0.3, -0.25) is 4.98 Å². The maximum absolute atomic E-state index is 6.38. The molecule has 0 amide bonds. The van der Waals surface area contributed by atoms with Crippen LogP contribution in [0.15, 0.2) is 42.6 Å². The monoisotopic (exact) mass is 265 g/mol. The summed E-state index contributed by atoms with van der Waals surface area (Å²) in [5.74, 6) is 0. The fraction of sp³-hybridized carbons (Fsp3) is 0.214. The first-order chi connectivity index (χ1) is 8.16. The molecule has 1 atom stereocenters. The molecule has 0 radical (unpaired) electrons. The lowest BCUT2D eigenvalue weighted by atomic mass is 10.0. The van der Waals surface area contributed by atoms with Gasteiger partial charge in [-0.1, -0.05) is 29.8 Å². The van der Waals surface area contributed by atoms with Crippen LogP contribution in [0.3, 0.4) is 0 Å². The third kappa shape index (κ3) is 3.21. The van der Waals surface area contributed by atoms with E-state index >= 15 is 0 Å². The smallest absolute Gasteiger partial charge is 0.0640 e. The zero-order chi connectivity index (χ0) is 12.3. The molecular formula is C14H13Cl2N. The maximum atomic E-state index is 6.38. The highest BCUT2D eigenvalue weighted by atomic mass is 35.5. The van der Waals surface area contributed by atoms with E-state index in [0.717, 1.165) is 22.7 Å². The number of alkyl halides is 1. The van der Waals surface area contributed by atoms with Gasteiger partial charge in [-0.2, -0.15) is 0 Å². The standard InChI is InChI=1S/C14H13Cl2N/c1-10-3-2-8-17-14(10)9-13(16)11-4-6-12(15)7-5-11/h2-8,13H,9H2,1H3. The van der Waals surface area contributed by atoms with E-state index in [1.54, 1.807) is 6.20 Å². The number of pyridine rings is 1. The van der Waals surface area contributed by atoms with Gasteiger partial charge in [0.2, 0.25) is 0 Å². The lowest BCUT2D eigenvalue weighted by molar-refractivity contribution is 0.870. The number of hydrogen-bond donors (Lipinski definition) is 0. The summed E-state index contributed by atoms with van der Waals surface area (Å²) < 4.78 is 0. The molecule has 0 fully saturated rings. The molecule has 1 heterocycles. The van der Waals surface area contributed by atoms with Crippen molar-refractivity contribution in [3.63, 3.8) is 0 Å². The molecule has 0 N–H and O–H groups in total. The van der Waals surface area contributed by atoms with Crippen LogP contribution < -0.4 is 0 Å². The molecule has 1 aromatic carbocycles. The molecule has 0 aliphatic carbocycles. The Labute approximate surface area is 111 Å². The van der Waals surface area contributed by atoms with Crippen molar-refractivity contribution in [2.24, 2.45) is 0 Å². The molecule has 1 nitrogen and oxygen atoms in total. The molecule has 88 valence electrons. The quantitative estimate of drug-likeness (QED) is 0.742. The Morgan fingerprint density at radius 2 is 1.88 bits per heavy atom. The van der Waals surface area contributed by atoms with E-state index in [9.17, 15) is 0 Å². The molecular weight excluding hydrogens is 253 g/mol. The Hall–Kier alpha value is -1.05. The predicted octanol–water partition coefficient (Wildman–Crippen LogP) is 4.57. The SMILES string of the molecule is Cc1cccnc1CC(Cl)c1ccc(Cl)cc1. The van der Waals surface area contributed by atoms with Crippen LogP contribution in [0, 0.1) is 6.92 Å². The predicted molar refractivity (Wildman–Crippen MR) is 72.7 cm³/mol. The minimum Gasteiger partial charge on any atom is -0.261 e. The second-order valence-corrected chi connectivity index (χ2v) is 4.95. The first kappa shape index (κ1) is 12.4. The highest BCUT2D eigenvalue weighted by Crippen LogP contribution is 2.26. The lowest BCUT2D eigenvalue weighted by Crippen LogP contribution is -2.00. The van der Waals surface area contributed by atoms with Crippen LogP contribution in [-0.4, -0.2) is 4.98 Å². The topological polar surface area (TPSA) is 12.9 Å². The molecule has 2 aromatic rings. The average Bonchev–Trinajstić information content (AvgIpc) is 2.33. The third-order valence-corrected chi connectivity index (χ3v) is 3.38. The molecule has 0 saturated heterocycles. The van der Waals surface area contributed by atoms with Crippen molar-refractivity contribution in [1.29, 1.82) is 0 Å². The molecule has 2 rings (SSSR count). The Balaban J connectivity index is 2.14. The molecule has 0 aliphatic rings. The Morgan fingerprint density at radius 1 is 1.18 bits per heavy atom. The summed E-state index contributed by atoms with van der Waals surface area (Å²) in [6, 6.07) is 11.6. The van der Waals surface area contributed by atoms with Gasteiger partial charge in [-0.15, -0.1) is 11.6 Å². The number of halogens is 2. The summed E-state index contributed by atoms with van der Waals surface area (Å²) in [7, 11) is 0. The average molecular weight is 266 g/mol. The van der Waals surface area contributed by atoms with Crippen molar-refractivity contribution >= 4 is 23.2 Å². The van der Waals surface area contributed by atoms with Gasteiger partial charge in [0.15, 0.2) is 0 Å². The van der Waals surface area contributed by atoms with E-state index in [1.165, 1.54) is 5.56 Å². The maximum Gasteiger partial charge on any atom is 0.0640 e. The van der Waals surface area contributed by atoms with E-state index < -0.39 is 0 Å². The van der Waals surface area contributed by atoms with Crippen molar-refractivity contribution in [2.75, 3.05) is 0 Å². The van der Waals surface area contributed by atoms with E-state index in [2.05, 4.69) is 4.98 Å². The van der Waals surface area contributed by atoms with Crippen molar-refractivity contribution in [3.8, 4) is 0 Å². The summed E-state index contributed by atoms with van der Waals surface area (Å²) in [6.07, 6.45) is 2.53. The van der Waals surface area contributed by atoms with E-state index in [-0.39, 0.29) is 5.38 Å². The normalized spacial score (nSPS) is 12.4. The molecule has 17 heavy (non-hydrogen) atoms. The zero-order valence-electron chi connectivity index (χ0n) is 9.53. The third-order valence-electron chi connectivity index (χ3n) is 2.72.